The summed E-state index contributed by atoms with van der Waals surface area (Å²) in [4.78, 5) is 15.4. The molecule has 0 fully saturated rings. The van der Waals surface area contributed by atoms with Crippen molar-refractivity contribution in [3.05, 3.63) is 52.2 Å². The lowest BCUT2D eigenvalue weighted by molar-refractivity contribution is -0.117. The lowest BCUT2D eigenvalue weighted by Crippen LogP contribution is -2.33. The molecule has 1 N–H and O–H groups in total. The molecule has 8 heteroatoms. The van der Waals surface area contributed by atoms with Gasteiger partial charge >= 0.3 is 0 Å². The first-order valence-electron chi connectivity index (χ1n) is 8.69. The first-order valence-corrected chi connectivity index (χ1v) is 9.95. The lowest BCUT2D eigenvalue weighted by atomic mass is 10.2. The third-order valence-electron chi connectivity index (χ3n) is 3.93. The predicted octanol–water partition coefficient (Wildman–Crippen LogP) is 4.61. The van der Waals surface area contributed by atoms with Gasteiger partial charge in [-0.15, -0.1) is 21.5 Å². The summed E-state index contributed by atoms with van der Waals surface area (Å²) in [5.74, 6) is 0.923. The van der Waals surface area contributed by atoms with Crippen molar-refractivity contribution in [2.75, 3.05) is 18.4 Å². The van der Waals surface area contributed by atoms with Gasteiger partial charge in [-0.3, -0.25) is 9.69 Å². The van der Waals surface area contributed by atoms with Crippen molar-refractivity contribution in [2.24, 2.45) is 0 Å². The highest BCUT2D eigenvalue weighted by molar-refractivity contribution is 7.13. The number of aryl methyl sites for hydroxylation is 1. The SMILES string of the molecule is CCCN(CC(=O)Nc1ccc(Cl)cc1C)Cc1nnc(-c2cccs2)o1. The Kier molecular flexibility index (Phi) is 6.60. The summed E-state index contributed by atoms with van der Waals surface area (Å²) in [6.07, 6.45) is 0.916. The van der Waals surface area contributed by atoms with Crippen LogP contribution in [0.15, 0.2) is 40.1 Å². The fourth-order valence-corrected chi connectivity index (χ4v) is 3.57. The van der Waals surface area contributed by atoms with Gasteiger partial charge in [0.15, 0.2) is 0 Å². The Morgan fingerprint density at radius 2 is 2.19 bits per heavy atom. The zero-order chi connectivity index (χ0) is 19.2. The van der Waals surface area contributed by atoms with Crippen molar-refractivity contribution < 1.29 is 9.21 Å². The molecule has 1 amide bonds. The molecule has 6 nitrogen and oxygen atoms in total. The van der Waals surface area contributed by atoms with Crippen LogP contribution in [0.4, 0.5) is 5.69 Å². The summed E-state index contributed by atoms with van der Waals surface area (Å²) in [6.45, 7) is 5.41. The average Bonchev–Trinajstić information content (AvgIpc) is 3.29. The number of aromatic nitrogens is 2. The average molecular weight is 405 g/mol. The molecule has 2 heterocycles. The van der Waals surface area contributed by atoms with E-state index in [2.05, 4.69) is 22.4 Å². The largest absolute Gasteiger partial charge is 0.419 e. The van der Waals surface area contributed by atoms with E-state index in [1.54, 1.807) is 17.4 Å². The Morgan fingerprint density at radius 1 is 1.33 bits per heavy atom. The quantitative estimate of drug-likeness (QED) is 0.593. The normalized spacial score (nSPS) is 11.1. The van der Waals surface area contributed by atoms with E-state index in [0.717, 1.165) is 29.1 Å². The second-order valence-corrected chi connectivity index (χ2v) is 7.58. The molecule has 0 aliphatic heterocycles. The molecule has 0 bridgehead atoms. The van der Waals surface area contributed by atoms with Crippen LogP contribution in [0.1, 0.15) is 24.8 Å². The lowest BCUT2D eigenvalue weighted by Gasteiger charge is -2.19. The summed E-state index contributed by atoms with van der Waals surface area (Å²) in [5.41, 5.74) is 1.69. The number of nitrogens with one attached hydrogen (secondary N) is 1. The predicted molar refractivity (Wildman–Crippen MR) is 108 cm³/mol. The standard InChI is InChI=1S/C19H21ClN4O2S/c1-3-8-24(11-17(25)21-15-7-6-14(20)10-13(15)2)12-18-22-23-19(26-18)16-5-4-9-27-16/h4-7,9-10H,3,8,11-12H2,1-2H3,(H,21,25). The van der Waals surface area contributed by atoms with Crippen LogP contribution in [-0.2, 0) is 11.3 Å². The Balaban J connectivity index is 1.62. The third kappa shape index (κ3) is 5.38. The van der Waals surface area contributed by atoms with Crippen molar-refractivity contribution in [3.63, 3.8) is 0 Å². The minimum absolute atomic E-state index is 0.0909. The highest BCUT2D eigenvalue weighted by Crippen LogP contribution is 2.23. The van der Waals surface area contributed by atoms with Crippen LogP contribution in [0, 0.1) is 6.92 Å². The van der Waals surface area contributed by atoms with Gasteiger partial charge in [0.1, 0.15) is 0 Å². The van der Waals surface area contributed by atoms with Crippen LogP contribution in [0.5, 0.6) is 0 Å². The van der Waals surface area contributed by atoms with Crippen molar-refractivity contribution in [1.82, 2.24) is 15.1 Å². The van der Waals surface area contributed by atoms with Gasteiger partial charge in [0.25, 0.3) is 5.89 Å². The van der Waals surface area contributed by atoms with Gasteiger partial charge in [-0.1, -0.05) is 24.6 Å². The molecule has 3 rings (SSSR count). The molecule has 0 saturated carbocycles. The Hall–Kier alpha value is -2.22. The van der Waals surface area contributed by atoms with Crippen LogP contribution in [-0.4, -0.2) is 34.1 Å². The van der Waals surface area contributed by atoms with Gasteiger partial charge in [-0.25, -0.2) is 0 Å². The van der Waals surface area contributed by atoms with Crippen molar-refractivity contribution in [1.29, 1.82) is 0 Å². The number of carbonyl (C=O) groups excluding carboxylic acids is 1. The number of benzene rings is 1. The van der Waals surface area contributed by atoms with E-state index in [1.165, 1.54) is 0 Å². The van der Waals surface area contributed by atoms with E-state index in [4.69, 9.17) is 16.0 Å². The van der Waals surface area contributed by atoms with E-state index in [1.807, 2.05) is 41.5 Å². The first-order chi connectivity index (χ1) is 13.0. The summed E-state index contributed by atoms with van der Waals surface area (Å²) >= 11 is 7.51. The molecule has 3 aromatic rings. The van der Waals surface area contributed by atoms with Gasteiger partial charge in [-0.2, -0.15) is 0 Å². The number of thiophene rings is 1. The molecule has 27 heavy (non-hydrogen) atoms. The molecular weight excluding hydrogens is 384 g/mol. The molecule has 0 aliphatic carbocycles. The second-order valence-electron chi connectivity index (χ2n) is 6.20. The molecule has 0 spiro atoms. The summed E-state index contributed by atoms with van der Waals surface area (Å²) < 4.78 is 5.74. The smallest absolute Gasteiger partial charge is 0.257 e. The van der Waals surface area contributed by atoms with E-state index in [9.17, 15) is 4.79 Å². The van der Waals surface area contributed by atoms with Crippen LogP contribution < -0.4 is 5.32 Å². The molecule has 1 aromatic carbocycles. The fraction of sp³-hybridized carbons (Fsp3) is 0.316. The number of halogens is 1. The zero-order valence-electron chi connectivity index (χ0n) is 15.2. The van der Waals surface area contributed by atoms with Crippen LogP contribution in [0.2, 0.25) is 5.02 Å². The van der Waals surface area contributed by atoms with Gasteiger partial charge in [0, 0.05) is 10.7 Å². The van der Waals surface area contributed by atoms with Crippen molar-refractivity contribution in [2.45, 2.75) is 26.8 Å². The number of amides is 1. The zero-order valence-corrected chi connectivity index (χ0v) is 16.8. The maximum atomic E-state index is 12.5. The maximum Gasteiger partial charge on any atom is 0.257 e. The first kappa shape index (κ1) is 19.5. The molecule has 0 saturated heterocycles. The number of hydrogen-bond acceptors (Lipinski definition) is 6. The molecule has 0 unspecified atom stereocenters. The number of anilines is 1. The van der Waals surface area contributed by atoms with Gasteiger partial charge in [-0.05, 0) is 55.1 Å². The minimum atomic E-state index is -0.0909. The highest BCUT2D eigenvalue weighted by atomic mass is 35.5. The Labute approximate surface area is 167 Å². The van der Waals surface area contributed by atoms with E-state index in [0.29, 0.717) is 23.3 Å². The maximum absolute atomic E-state index is 12.5. The van der Waals surface area contributed by atoms with E-state index in [-0.39, 0.29) is 12.5 Å². The monoisotopic (exact) mass is 404 g/mol. The van der Waals surface area contributed by atoms with Gasteiger partial charge in [0.05, 0.1) is 18.0 Å². The Bertz CT molecular complexity index is 895. The van der Waals surface area contributed by atoms with Crippen LogP contribution in [0.25, 0.3) is 10.8 Å². The van der Waals surface area contributed by atoms with E-state index < -0.39 is 0 Å². The van der Waals surface area contributed by atoms with Crippen LogP contribution in [0.3, 0.4) is 0 Å². The van der Waals surface area contributed by atoms with Crippen LogP contribution >= 0.6 is 22.9 Å². The summed E-state index contributed by atoms with van der Waals surface area (Å²) in [6, 6.07) is 9.28. The number of rotatable bonds is 8. The molecule has 2 aromatic heterocycles. The van der Waals surface area contributed by atoms with Gasteiger partial charge in [0.2, 0.25) is 11.8 Å². The third-order valence-corrected chi connectivity index (χ3v) is 5.02. The van der Waals surface area contributed by atoms with Crippen molar-refractivity contribution >= 4 is 34.5 Å². The van der Waals surface area contributed by atoms with Crippen molar-refractivity contribution in [3.8, 4) is 10.8 Å². The molecule has 0 radical (unpaired) electrons. The number of nitrogens with zero attached hydrogens (tertiary/aromatic N) is 3. The Morgan fingerprint density at radius 3 is 2.89 bits per heavy atom. The summed E-state index contributed by atoms with van der Waals surface area (Å²) in [7, 11) is 0. The second kappa shape index (κ2) is 9.12. The topological polar surface area (TPSA) is 71.3 Å². The molecule has 142 valence electrons. The molecular formula is C19H21ClN4O2S. The van der Waals surface area contributed by atoms with E-state index >= 15 is 0 Å². The minimum Gasteiger partial charge on any atom is -0.419 e. The number of carbonyl (C=O) groups is 1. The van der Waals surface area contributed by atoms with Gasteiger partial charge < -0.3 is 9.73 Å². The summed E-state index contributed by atoms with van der Waals surface area (Å²) in [5, 5.41) is 13.8. The molecule has 0 atom stereocenters. The molecule has 0 aliphatic rings. The number of hydrogen-bond donors (Lipinski definition) is 1. The highest BCUT2D eigenvalue weighted by Gasteiger charge is 2.16. The fourth-order valence-electron chi connectivity index (χ4n) is 2.70.